The third-order valence-corrected chi connectivity index (χ3v) is 3.40. The van der Waals surface area contributed by atoms with Gasteiger partial charge in [-0.2, -0.15) is 0 Å². The lowest BCUT2D eigenvalue weighted by molar-refractivity contribution is 0.293. The topological polar surface area (TPSA) is 28.2 Å². The molecule has 0 radical (unpaired) electrons. The van der Waals surface area contributed by atoms with Crippen LogP contribution < -0.4 is 5.32 Å². The minimum Gasteiger partial charge on any atom is -0.313 e. The van der Waals surface area contributed by atoms with Gasteiger partial charge in [-0.25, -0.2) is 4.98 Å². The molecule has 0 aromatic carbocycles. The van der Waals surface area contributed by atoms with Crippen molar-refractivity contribution in [1.82, 2.24) is 15.2 Å². The summed E-state index contributed by atoms with van der Waals surface area (Å²) >= 11 is 3.35. The predicted octanol–water partition coefficient (Wildman–Crippen LogP) is 2.03. The molecule has 16 heavy (non-hydrogen) atoms. The molecule has 1 aliphatic heterocycles. The largest absolute Gasteiger partial charge is 0.313 e. The Morgan fingerprint density at radius 2 is 2.44 bits per heavy atom. The number of nitrogens with zero attached hydrogens (tertiary/aromatic N) is 2. The van der Waals surface area contributed by atoms with Gasteiger partial charge in [-0.1, -0.05) is 6.07 Å². The normalized spacial score (nSPS) is 20.6. The first-order chi connectivity index (χ1) is 7.74. The first-order valence-corrected chi connectivity index (χ1v) is 6.56. The maximum Gasteiger partial charge on any atom is 0.106 e. The van der Waals surface area contributed by atoms with E-state index in [1.807, 2.05) is 12.3 Å². The molecule has 0 saturated carbocycles. The molecule has 1 aromatic heterocycles. The number of hydrogen-bond donors (Lipinski definition) is 1. The summed E-state index contributed by atoms with van der Waals surface area (Å²) in [5, 5.41) is 3.52. The quantitative estimate of drug-likeness (QED) is 0.857. The molecule has 0 unspecified atom stereocenters. The van der Waals surface area contributed by atoms with Crippen LogP contribution in [0.15, 0.2) is 22.9 Å². The van der Waals surface area contributed by atoms with Crippen molar-refractivity contribution in [3.05, 3.63) is 28.5 Å². The molecule has 0 aliphatic carbocycles. The van der Waals surface area contributed by atoms with E-state index >= 15 is 0 Å². The summed E-state index contributed by atoms with van der Waals surface area (Å²) in [6, 6.07) is 4.79. The molecule has 0 amide bonds. The SMILES string of the molecule is CN(Cc1ccc(Br)nc1)C[C@H]1CCCN1. The van der Waals surface area contributed by atoms with E-state index in [-0.39, 0.29) is 0 Å². The summed E-state index contributed by atoms with van der Waals surface area (Å²) in [6.07, 6.45) is 4.56. The summed E-state index contributed by atoms with van der Waals surface area (Å²) in [6.45, 7) is 3.27. The van der Waals surface area contributed by atoms with Gasteiger partial charge in [-0.15, -0.1) is 0 Å². The van der Waals surface area contributed by atoms with Crippen LogP contribution >= 0.6 is 15.9 Å². The summed E-state index contributed by atoms with van der Waals surface area (Å²) in [7, 11) is 2.17. The van der Waals surface area contributed by atoms with E-state index in [1.54, 1.807) is 0 Å². The zero-order valence-electron chi connectivity index (χ0n) is 9.62. The molecule has 88 valence electrons. The molecule has 1 N–H and O–H groups in total. The molecule has 3 nitrogen and oxygen atoms in total. The van der Waals surface area contributed by atoms with Crippen molar-refractivity contribution in [3.63, 3.8) is 0 Å². The van der Waals surface area contributed by atoms with E-state index < -0.39 is 0 Å². The standard InChI is InChI=1S/C12H18BrN3/c1-16(9-11-3-2-6-14-11)8-10-4-5-12(13)15-7-10/h4-5,7,11,14H,2-3,6,8-9H2,1H3/t11-/m1/s1. The highest BCUT2D eigenvalue weighted by atomic mass is 79.9. The van der Waals surface area contributed by atoms with Gasteiger partial charge in [0.2, 0.25) is 0 Å². The maximum absolute atomic E-state index is 4.24. The Hall–Kier alpha value is -0.450. The Labute approximate surface area is 105 Å². The number of halogens is 1. The highest BCUT2D eigenvalue weighted by Gasteiger charge is 2.15. The fourth-order valence-corrected chi connectivity index (χ4v) is 2.40. The van der Waals surface area contributed by atoms with Crippen LogP contribution in [0.5, 0.6) is 0 Å². The summed E-state index contributed by atoms with van der Waals surface area (Å²) in [5.41, 5.74) is 1.27. The van der Waals surface area contributed by atoms with Crippen molar-refractivity contribution in [3.8, 4) is 0 Å². The Morgan fingerprint density at radius 3 is 3.06 bits per heavy atom. The number of aromatic nitrogens is 1. The second-order valence-electron chi connectivity index (χ2n) is 4.48. The van der Waals surface area contributed by atoms with Crippen LogP contribution in [0.3, 0.4) is 0 Å². The van der Waals surface area contributed by atoms with Crippen molar-refractivity contribution in [2.24, 2.45) is 0 Å². The highest BCUT2D eigenvalue weighted by molar-refractivity contribution is 9.10. The first-order valence-electron chi connectivity index (χ1n) is 5.76. The Balaban J connectivity index is 1.81. The average Bonchev–Trinajstić information content (AvgIpc) is 2.74. The minimum atomic E-state index is 0.674. The van der Waals surface area contributed by atoms with Gasteiger partial charge in [0.05, 0.1) is 0 Å². The molecule has 2 rings (SSSR count). The number of hydrogen-bond acceptors (Lipinski definition) is 3. The first kappa shape index (κ1) is 12.0. The van der Waals surface area contributed by atoms with E-state index in [2.05, 4.69) is 44.2 Å². The highest BCUT2D eigenvalue weighted by Crippen LogP contribution is 2.10. The fourth-order valence-electron chi connectivity index (χ4n) is 2.16. The van der Waals surface area contributed by atoms with Crippen molar-refractivity contribution in [2.75, 3.05) is 20.1 Å². The number of nitrogens with one attached hydrogen (secondary N) is 1. The molecule has 1 aromatic rings. The van der Waals surface area contributed by atoms with E-state index in [0.717, 1.165) is 17.7 Å². The fraction of sp³-hybridized carbons (Fsp3) is 0.583. The third-order valence-electron chi connectivity index (χ3n) is 2.94. The van der Waals surface area contributed by atoms with Crippen LogP contribution in [0.1, 0.15) is 18.4 Å². The monoisotopic (exact) mass is 283 g/mol. The van der Waals surface area contributed by atoms with Gasteiger partial charge in [0.25, 0.3) is 0 Å². The van der Waals surface area contributed by atoms with Gasteiger partial charge in [0.1, 0.15) is 4.60 Å². The van der Waals surface area contributed by atoms with Crippen molar-refractivity contribution >= 4 is 15.9 Å². The van der Waals surface area contributed by atoms with Crippen molar-refractivity contribution in [1.29, 1.82) is 0 Å². The van der Waals surface area contributed by atoms with Gasteiger partial charge in [0, 0.05) is 25.3 Å². The molecule has 0 spiro atoms. The number of rotatable bonds is 4. The Kier molecular flexibility index (Phi) is 4.32. The van der Waals surface area contributed by atoms with Crippen LogP contribution in [-0.4, -0.2) is 36.1 Å². The second kappa shape index (κ2) is 5.75. The zero-order chi connectivity index (χ0) is 11.4. The molecule has 1 fully saturated rings. The van der Waals surface area contributed by atoms with Crippen molar-refractivity contribution < 1.29 is 0 Å². The summed E-state index contributed by atoms with van der Waals surface area (Å²) in [4.78, 5) is 6.59. The minimum absolute atomic E-state index is 0.674. The lowest BCUT2D eigenvalue weighted by Gasteiger charge is -2.20. The Morgan fingerprint density at radius 1 is 1.56 bits per heavy atom. The molecule has 1 atom stereocenters. The van der Waals surface area contributed by atoms with Crippen molar-refractivity contribution in [2.45, 2.75) is 25.4 Å². The van der Waals surface area contributed by atoms with Crippen LogP contribution in [0.25, 0.3) is 0 Å². The number of likely N-dealkylation sites (N-methyl/N-ethyl adjacent to an activating group) is 1. The molecule has 4 heteroatoms. The lowest BCUT2D eigenvalue weighted by Crippen LogP contribution is -2.34. The lowest BCUT2D eigenvalue weighted by atomic mass is 10.2. The van der Waals surface area contributed by atoms with E-state index in [0.29, 0.717) is 6.04 Å². The van der Waals surface area contributed by atoms with Gasteiger partial charge < -0.3 is 10.2 Å². The summed E-state index contributed by atoms with van der Waals surface area (Å²) < 4.78 is 0.899. The third kappa shape index (κ3) is 3.54. The van der Waals surface area contributed by atoms with Crippen LogP contribution in [0.4, 0.5) is 0 Å². The van der Waals surface area contributed by atoms with Crippen LogP contribution in [0, 0.1) is 0 Å². The molecular formula is C12H18BrN3. The summed E-state index contributed by atoms with van der Waals surface area (Å²) in [5.74, 6) is 0. The Bertz CT molecular complexity index is 320. The molecular weight excluding hydrogens is 266 g/mol. The maximum atomic E-state index is 4.24. The number of pyridine rings is 1. The van der Waals surface area contributed by atoms with E-state index in [4.69, 9.17) is 0 Å². The van der Waals surface area contributed by atoms with Gasteiger partial charge in [-0.05, 0) is 54.0 Å². The van der Waals surface area contributed by atoms with E-state index in [1.165, 1.54) is 24.9 Å². The van der Waals surface area contributed by atoms with Crippen LogP contribution in [-0.2, 0) is 6.54 Å². The second-order valence-corrected chi connectivity index (χ2v) is 5.29. The van der Waals surface area contributed by atoms with Gasteiger partial charge in [0.15, 0.2) is 0 Å². The van der Waals surface area contributed by atoms with Crippen LogP contribution in [0.2, 0.25) is 0 Å². The molecule has 1 aliphatic rings. The van der Waals surface area contributed by atoms with Gasteiger partial charge in [-0.3, -0.25) is 0 Å². The molecule has 0 bridgehead atoms. The average molecular weight is 284 g/mol. The van der Waals surface area contributed by atoms with Gasteiger partial charge >= 0.3 is 0 Å². The van der Waals surface area contributed by atoms with E-state index in [9.17, 15) is 0 Å². The smallest absolute Gasteiger partial charge is 0.106 e. The predicted molar refractivity (Wildman–Crippen MR) is 69.3 cm³/mol. The molecule has 1 saturated heterocycles. The zero-order valence-corrected chi connectivity index (χ0v) is 11.2. The molecule has 2 heterocycles.